The number of thiophene rings is 1. The number of hydrogen-bond donors (Lipinski definition) is 0. The van der Waals surface area contributed by atoms with Gasteiger partial charge in [-0.3, -0.25) is 0 Å². The van der Waals surface area contributed by atoms with Crippen LogP contribution < -0.4 is 31.1 Å². The smallest absolute Gasteiger partial charge is 0.254 e. The fraction of sp³-hybridized carbons (Fsp3) is 0.484. The molecular weight excluding hydrogens is 830 g/mol. The zero-order chi connectivity index (χ0) is 47.3. The summed E-state index contributed by atoms with van der Waals surface area (Å²) < 4.78 is 1.38. The Bertz CT molecular complexity index is 3090. The van der Waals surface area contributed by atoms with Gasteiger partial charge in [0.05, 0.1) is 21.8 Å². The highest BCUT2D eigenvalue weighted by atomic mass is 32.1. The van der Waals surface area contributed by atoms with E-state index >= 15 is 0 Å². The molecule has 2 aliphatic carbocycles. The average molecular weight is 904 g/mol. The summed E-state index contributed by atoms with van der Waals surface area (Å²) in [5.41, 5.74) is 23.1. The first-order valence-corrected chi connectivity index (χ1v) is 26.8. The zero-order valence-corrected chi connectivity index (χ0v) is 44.3. The number of fused-ring (bicyclic) bond motifs is 12. The molecular formula is C62H74BN3S. The summed E-state index contributed by atoms with van der Waals surface area (Å²) >= 11 is 2.01. The molecule has 5 heteroatoms. The third-order valence-corrected chi connectivity index (χ3v) is 20.4. The van der Waals surface area contributed by atoms with Gasteiger partial charge < -0.3 is 14.7 Å². The maximum Gasteiger partial charge on any atom is 0.254 e. The van der Waals surface area contributed by atoms with Gasteiger partial charge in [0.25, 0.3) is 6.71 Å². The highest BCUT2D eigenvalue weighted by molar-refractivity contribution is 7.26. The van der Waals surface area contributed by atoms with Crippen molar-refractivity contribution >= 4 is 83.6 Å². The molecule has 3 nitrogen and oxygen atoms in total. The molecule has 2 saturated carbocycles. The molecule has 12 rings (SSSR count). The Morgan fingerprint density at radius 1 is 0.522 bits per heavy atom. The molecule has 2 fully saturated rings. The zero-order valence-electron chi connectivity index (χ0n) is 43.5. The van der Waals surface area contributed by atoms with Gasteiger partial charge in [0.1, 0.15) is 0 Å². The van der Waals surface area contributed by atoms with Gasteiger partial charge in [-0.2, -0.15) is 0 Å². The van der Waals surface area contributed by atoms with Crippen LogP contribution in [-0.2, 0) is 27.1 Å². The lowest BCUT2D eigenvalue weighted by molar-refractivity contribution is 0.194. The number of aryl methyl sites for hydroxylation is 2. The molecule has 1 aromatic heterocycles. The normalized spacial score (nSPS) is 26.1. The molecule has 6 aliphatic rings. The van der Waals surface area contributed by atoms with Crippen molar-refractivity contribution in [1.29, 1.82) is 0 Å². The summed E-state index contributed by atoms with van der Waals surface area (Å²) in [5, 5.41) is 2.79. The molecule has 0 radical (unpaired) electrons. The lowest BCUT2D eigenvalue weighted by Gasteiger charge is -2.53. The number of hydrogen-bond acceptors (Lipinski definition) is 4. The molecule has 4 aliphatic heterocycles. The van der Waals surface area contributed by atoms with Crippen molar-refractivity contribution in [2.45, 2.75) is 193 Å². The van der Waals surface area contributed by atoms with Crippen LogP contribution in [0, 0.1) is 13.8 Å². The standard InChI is InChI=1S/C62H74BN3S/c1-37-30-40(57(6,7)8)31-38(2)53(37)64-48-35-42(65-47-25-24-39(56(3,4)5)32-44(47)59(12)26-18-20-28-61(59,65)14)36-49-52(48)63(51-43-22-16-17-23-50(43)67-55(51)64)46-34-41(58(9,10)11)33-45-54(46)66(49)62(15)29-21-19-27-60(45,62)13/h16-17,22-25,30-36H,18-21,26-29H2,1-15H3. The predicted molar refractivity (Wildman–Crippen MR) is 292 cm³/mol. The third-order valence-electron chi connectivity index (χ3n) is 19.2. The van der Waals surface area contributed by atoms with Gasteiger partial charge in [-0.1, -0.05) is 156 Å². The molecule has 0 saturated heterocycles. The fourth-order valence-corrected chi connectivity index (χ4v) is 16.2. The van der Waals surface area contributed by atoms with E-state index in [2.05, 4.69) is 197 Å². The SMILES string of the molecule is Cc1cc(C(C)(C)C)cc(C)c1N1c2cc(N3c4ccc(C(C)(C)C)cc4C4(C)CCCCC34C)cc3c2B(c2cc(C(C)(C)C)cc4c2N3C2(C)CCCCC42C)c2c1sc1ccccc21. The van der Waals surface area contributed by atoms with Crippen molar-refractivity contribution in [3.63, 3.8) is 0 Å². The number of benzene rings is 5. The molecule has 346 valence electrons. The molecule has 6 aromatic rings. The average Bonchev–Trinajstić information content (AvgIpc) is 3.81. The highest BCUT2D eigenvalue weighted by Gasteiger charge is 2.63. The Labute approximate surface area is 407 Å². The van der Waals surface area contributed by atoms with E-state index in [0.717, 1.165) is 0 Å². The summed E-state index contributed by atoms with van der Waals surface area (Å²) in [6.07, 6.45) is 9.88. The van der Waals surface area contributed by atoms with Crippen molar-refractivity contribution in [2.24, 2.45) is 0 Å². The molecule has 0 spiro atoms. The fourth-order valence-electron chi connectivity index (χ4n) is 14.9. The van der Waals surface area contributed by atoms with Gasteiger partial charge >= 0.3 is 0 Å². The van der Waals surface area contributed by atoms with Crippen molar-refractivity contribution in [3.8, 4) is 0 Å². The quantitative estimate of drug-likeness (QED) is 0.160. The molecule has 0 bridgehead atoms. The van der Waals surface area contributed by atoms with Crippen LogP contribution in [0.1, 0.15) is 180 Å². The second kappa shape index (κ2) is 13.6. The van der Waals surface area contributed by atoms with E-state index in [1.54, 1.807) is 11.1 Å². The third kappa shape index (κ3) is 5.59. The molecule has 5 heterocycles. The van der Waals surface area contributed by atoms with Crippen LogP contribution in [0.4, 0.5) is 39.1 Å². The maximum absolute atomic E-state index is 2.98. The monoisotopic (exact) mass is 904 g/mol. The first kappa shape index (κ1) is 43.8. The Hall–Kier alpha value is -4.48. The van der Waals surface area contributed by atoms with E-state index in [1.807, 2.05) is 11.3 Å². The first-order chi connectivity index (χ1) is 31.4. The van der Waals surface area contributed by atoms with Gasteiger partial charge in [-0.15, -0.1) is 11.3 Å². The van der Waals surface area contributed by atoms with Crippen LogP contribution in [0.2, 0.25) is 0 Å². The highest BCUT2D eigenvalue weighted by Crippen LogP contribution is 2.65. The van der Waals surface area contributed by atoms with Crippen LogP contribution >= 0.6 is 11.3 Å². The number of rotatable bonds is 2. The van der Waals surface area contributed by atoms with Crippen LogP contribution in [-0.4, -0.2) is 17.8 Å². The van der Waals surface area contributed by atoms with E-state index in [4.69, 9.17) is 0 Å². The summed E-state index contributed by atoms with van der Waals surface area (Å²) in [5.74, 6) is 0. The lowest BCUT2D eigenvalue weighted by atomic mass is 9.33. The molecule has 5 aromatic carbocycles. The van der Waals surface area contributed by atoms with Gasteiger partial charge in [-0.25, -0.2) is 0 Å². The van der Waals surface area contributed by atoms with Crippen molar-refractivity contribution < 1.29 is 0 Å². The van der Waals surface area contributed by atoms with E-state index in [1.165, 1.54) is 145 Å². The van der Waals surface area contributed by atoms with Gasteiger partial charge in [0.2, 0.25) is 0 Å². The lowest BCUT2D eigenvalue weighted by Crippen LogP contribution is -2.64. The van der Waals surface area contributed by atoms with E-state index in [0.29, 0.717) is 0 Å². The molecule has 4 unspecified atom stereocenters. The Balaban J connectivity index is 1.24. The second-order valence-electron chi connectivity index (χ2n) is 26.2. The Morgan fingerprint density at radius 2 is 1.07 bits per heavy atom. The molecule has 4 atom stereocenters. The largest absolute Gasteiger partial charge is 0.335 e. The summed E-state index contributed by atoms with van der Waals surface area (Å²) in [4.78, 5) is 8.65. The minimum Gasteiger partial charge on any atom is -0.335 e. The Morgan fingerprint density at radius 3 is 1.72 bits per heavy atom. The number of anilines is 7. The van der Waals surface area contributed by atoms with Crippen LogP contribution in [0.25, 0.3) is 10.1 Å². The Kier molecular flexibility index (Phi) is 8.92. The first-order valence-electron chi connectivity index (χ1n) is 26.0. The molecule has 0 N–H and O–H groups in total. The maximum atomic E-state index is 2.98. The van der Waals surface area contributed by atoms with E-state index < -0.39 is 0 Å². The molecule has 0 amide bonds. The number of nitrogens with zero attached hydrogens (tertiary/aromatic N) is 3. The van der Waals surface area contributed by atoms with Crippen LogP contribution in [0.3, 0.4) is 0 Å². The van der Waals surface area contributed by atoms with Gasteiger partial charge in [0, 0.05) is 44.0 Å². The van der Waals surface area contributed by atoms with Gasteiger partial charge in [0.15, 0.2) is 0 Å². The topological polar surface area (TPSA) is 9.72 Å². The van der Waals surface area contributed by atoms with Crippen molar-refractivity contribution in [1.82, 2.24) is 0 Å². The summed E-state index contributed by atoms with van der Waals surface area (Å²) in [6.45, 7) is 37.0. The van der Waals surface area contributed by atoms with Crippen LogP contribution in [0.5, 0.6) is 0 Å². The minimum absolute atomic E-state index is 0.00864. The molecule has 67 heavy (non-hydrogen) atoms. The van der Waals surface area contributed by atoms with Gasteiger partial charge in [-0.05, 0) is 155 Å². The van der Waals surface area contributed by atoms with E-state index in [-0.39, 0.29) is 44.9 Å². The van der Waals surface area contributed by atoms with Crippen molar-refractivity contribution in [2.75, 3.05) is 14.7 Å². The van der Waals surface area contributed by atoms with Crippen LogP contribution in [0.15, 0.2) is 78.9 Å². The van der Waals surface area contributed by atoms with E-state index in [9.17, 15) is 0 Å². The second-order valence-corrected chi connectivity index (χ2v) is 27.2. The van der Waals surface area contributed by atoms with Crippen molar-refractivity contribution in [3.05, 3.63) is 118 Å². The summed E-state index contributed by atoms with van der Waals surface area (Å²) in [6, 6.07) is 32.8. The predicted octanol–water partition coefficient (Wildman–Crippen LogP) is 15.5. The summed E-state index contributed by atoms with van der Waals surface area (Å²) in [7, 11) is 0. The minimum atomic E-state index is -0.0828.